The van der Waals surface area contributed by atoms with Crippen LogP contribution in [0.25, 0.3) is 0 Å². The molecule has 0 fully saturated rings. The van der Waals surface area contributed by atoms with Crippen molar-refractivity contribution in [3.63, 3.8) is 0 Å². The molecule has 0 saturated carbocycles. The van der Waals surface area contributed by atoms with Crippen LogP contribution in [0.5, 0.6) is 5.75 Å². The molecule has 3 aromatic carbocycles. The summed E-state index contributed by atoms with van der Waals surface area (Å²) < 4.78 is 32.9. The Labute approximate surface area is 184 Å². The number of amides is 1. The van der Waals surface area contributed by atoms with Crippen molar-refractivity contribution in [1.82, 2.24) is 4.72 Å². The normalized spacial score (nSPS) is 11.1. The number of rotatable bonds is 8. The second-order valence-electron chi connectivity index (χ2n) is 6.22. The maximum Gasteiger partial charge on any atom is 0.262 e. The Balaban J connectivity index is 1.60. The molecule has 1 amide bonds. The third kappa shape index (κ3) is 5.96. The van der Waals surface area contributed by atoms with Crippen molar-refractivity contribution >= 4 is 44.8 Å². The first-order chi connectivity index (χ1) is 14.3. The summed E-state index contributed by atoms with van der Waals surface area (Å²) in [4.78, 5) is 12.0. The van der Waals surface area contributed by atoms with E-state index in [-0.39, 0.29) is 28.8 Å². The molecule has 0 aliphatic rings. The molecular weight excluding hydrogens is 447 g/mol. The Hall–Kier alpha value is -2.58. The summed E-state index contributed by atoms with van der Waals surface area (Å²) in [6.45, 7) is -0.162. The Morgan fingerprint density at radius 2 is 1.60 bits per heavy atom. The largest absolute Gasteiger partial charge is 0.482 e. The molecule has 6 nitrogen and oxygen atoms in total. The van der Waals surface area contributed by atoms with Gasteiger partial charge in [-0.1, -0.05) is 65.7 Å². The molecule has 0 aliphatic heterocycles. The van der Waals surface area contributed by atoms with Gasteiger partial charge in [0.2, 0.25) is 10.0 Å². The van der Waals surface area contributed by atoms with Gasteiger partial charge >= 0.3 is 0 Å². The third-order valence-corrected chi connectivity index (χ3v) is 6.05. The van der Waals surface area contributed by atoms with Crippen molar-refractivity contribution < 1.29 is 17.9 Å². The lowest BCUT2D eigenvalue weighted by Crippen LogP contribution is -2.23. The number of carbonyl (C=O) groups excluding carboxylic acids is 1. The standard InChI is InChI=1S/C21H18Cl2N2O4S/c22-17-8-4-5-9-19(17)25-21(26)14-29-20-11-10-16(12-18(20)23)30(27,28)24-13-15-6-2-1-3-7-15/h1-12,24H,13-14H2,(H,25,26). The van der Waals surface area contributed by atoms with E-state index in [0.29, 0.717) is 10.7 Å². The molecule has 0 heterocycles. The fourth-order valence-electron chi connectivity index (χ4n) is 2.52. The van der Waals surface area contributed by atoms with E-state index in [2.05, 4.69) is 10.0 Å². The second-order valence-corrected chi connectivity index (χ2v) is 8.80. The fourth-order valence-corrected chi connectivity index (χ4v) is 4.04. The van der Waals surface area contributed by atoms with E-state index in [4.69, 9.17) is 27.9 Å². The molecule has 0 aromatic heterocycles. The van der Waals surface area contributed by atoms with Crippen LogP contribution in [0.15, 0.2) is 77.7 Å². The van der Waals surface area contributed by atoms with E-state index >= 15 is 0 Å². The van der Waals surface area contributed by atoms with Gasteiger partial charge in [0.1, 0.15) is 5.75 Å². The Morgan fingerprint density at radius 1 is 0.900 bits per heavy atom. The minimum atomic E-state index is -3.76. The zero-order chi connectivity index (χ0) is 21.6. The fraction of sp³-hybridized carbons (Fsp3) is 0.0952. The minimum Gasteiger partial charge on any atom is -0.482 e. The van der Waals surface area contributed by atoms with Gasteiger partial charge in [0.15, 0.2) is 6.61 Å². The van der Waals surface area contributed by atoms with Crippen molar-refractivity contribution in [2.75, 3.05) is 11.9 Å². The van der Waals surface area contributed by atoms with Crippen molar-refractivity contribution in [2.45, 2.75) is 11.4 Å². The number of ether oxygens (including phenoxy) is 1. The molecule has 30 heavy (non-hydrogen) atoms. The molecular formula is C21H18Cl2N2O4S. The Morgan fingerprint density at radius 3 is 2.30 bits per heavy atom. The smallest absolute Gasteiger partial charge is 0.262 e. The molecule has 3 rings (SSSR count). The van der Waals surface area contributed by atoms with Crippen LogP contribution in [-0.4, -0.2) is 20.9 Å². The van der Waals surface area contributed by atoms with Crippen LogP contribution < -0.4 is 14.8 Å². The van der Waals surface area contributed by atoms with Crippen molar-refractivity contribution in [2.24, 2.45) is 0 Å². The summed E-state index contributed by atoms with van der Waals surface area (Å²) in [5, 5.41) is 3.10. The number of benzene rings is 3. The molecule has 0 radical (unpaired) electrons. The maximum atomic E-state index is 12.5. The van der Waals surface area contributed by atoms with Crippen molar-refractivity contribution in [3.05, 3.63) is 88.4 Å². The van der Waals surface area contributed by atoms with E-state index in [1.54, 1.807) is 24.3 Å². The summed E-state index contributed by atoms with van der Waals surface area (Å²) in [5.74, 6) is -0.242. The predicted molar refractivity (Wildman–Crippen MR) is 117 cm³/mol. The molecule has 0 atom stereocenters. The Kier molecular flexibility index (Phi) is 7.33. The summed E-state index contributed by atoms with van der Waals surface area (Å²) in [6, 6.07) is 20.0. The van der Waals surface area contributed by atoms with Crippen LogP contribution in [0.2, 0.25) is 10.0 Å². The molecule has 0 saturated heterocycles. The van der Waals surface area contributed by atoms with E-state index in [0.717, 1.165) is 5.56 Å². The second kappa shape index (κ2) is 9.95. The number of hydrogen-bond acceptors (Lipinski definition) is 4. The highest BCUT2D eigenvalue weighted by Crippen LogP contribution is 2.27. The molecule has 2 N–H and O–H groups in total. The number of anilines is 1. The average molecular weight is 465 g/mol. The summed E-state index contributed by atoms with van der Waals surface area (Å²) in [5.41, 5.74) is 1.29. The third-order valence-electron chi connectivity index (χ3n) is 4.03. The topological polar surface area (TPSA) is 84.5 Å². The van der Waals surface area contributed by atoms with Gasteiger partial charge in [-0.15, -0.1) is 0 Å². The molecule has 3 aromatic rings. The average Bonchev–Trinajstić information content (AvgIpc) is 2.74. The highest BCUT2D eigenvalue weighted by molar-refractivity contribution is 7.89. The van der Waals surface area contributed by atoms with E-state index < -0.39 is 15.9 Å². The predicted octanol–water partition coefficient (Wildman–Crippen LogP) is 4.49. The number of nitrogens with one attached hydrogen (secondary N) is 2. The zero-order valence-electron chi connectivity index (χ0n) is 15.6. The Bertz CT molecular complexity index is 1140. The lowest BCUT2D eigenvalue weighted by atomic mass is 10.2. The monoisotopic (exact) mass is 464 g/mol. The van der Waals surface area contributed by atoms with Gasteiger partial charge in [-0.05, 0) is 35.9 Å². The first-order valence-electron chi connectivity index (χ1n) is 8.85. The molecule has 156 valence electrons. The summed E-state index contributed by atoms with van der Waals surface area (Å²) >= 11 is 12.1. The van der Waals surface area contributed by atoms with Crippen LogP contribution in [0.4, 0.5) is 5.69 Å². The summed E-state index contributed by atoms with van der Waals surface area (Å²) in [7, 11) is -3.76. The molecule has 0 bridgehead atoms. The number of para-hydroxylation sites is 1. The van der Waals surface area contributed by atoms with Crippen LogP contribution in [-0.2, 0) is 21.4 Å². The van der Waals surface area contributed by atoms with Gasteiger partial charge in [-0.3, -0.25) is 4.79 Å². The molecule has 0 aliphatic carbocycles. The molecule has 0 spiro atoms. The van der Waals surface area contributed by atoms with Crippen LogP contribution in [0.3, 0.4) is 0 Å². The first-order valence-corrected chi connectivity index (χ1v) is 11.1. The van der Waals surface area contributed by atoms with Gasteiger partial charge in [0, 0.05) is 6.54 Å². The van der Waals surface area contributed by atoms with Crippen LogP contribution in [0.1, 0.15) is 5.56 Å². The number of carbonyl (C=O) groups is 1. The zero-order valence-corrected chi connectivity index (χ0v) is 18.0. The van der Waals surface area contributed by atoms with Gasteiger partial charge in [0.25, 0.3) is 5.91 Å². The highest BCUT2D eigenvalue weighted by Gasteiger charge is 2.16. The summed E-state index contributed by atoms with van der Waals surface area (Å²) in [6.07, 6.45) is 0. The van der Waals surface area contributed by atoms with E-state index in [9.17, 15) is 13.2 Å². The number of halogens is 2. The SMILES string of the molecule is O=C(COc1ccc(S(=O)(=O)NCc2ccccc2)cc1Cl)Nc1ccccc1Cl. The van der Waals surface area contributed by atoms with Gasteiger partial charge in [-0.25, -0.2) is 13.1 Å². The molecule has 9 heteroatoms. The number of sulfonamides is 1. The van der Waals surface area contributed by atoms with Crippen molar-refractivity contribution in [1.29, 1.82) is 0 Å². The lowest BCUT2D eigenvalue weighted by Gasteiger charge is -2.11. The van der Waals surface area contributed by atoms with Crippen LogP contribution in [0, 0.1) is 0 Å². The first kappa shape index (κ1) is 22.1. The van der Waals surface area contributed by atoms with Crippen LogP contribution >= 0.6 is 23.2 Å². The highest BCUT2D eigenvalue weighted by atomic mass is 35.5. The van der Waals surface area contributed by atoms with Gasteiger partial charge in [-0.2, -0.15) is 0 Å². The molecule has 0 unspecified atom stereocenters. The van der Waals surface area contributed by atoms with Gasteiger partial charge < -0.3 is 10.1 Å². The van der Waals surface area contributed by atoms with E-state index in [1.807, 2.05) is 30.3 Å². The van der Waals surface area contributed by atoms with E-state index in [1.165, 1.54) is 18.2 Å². The minimum absolute atomic E-state index is 0.00343. The van der Waals surface area contributed by atoms with Crippen molar-refractivity contribution in [3.8, 4) is 5.75 Å². The lowest BCUT2D eigenvalue weighted by molar-refractivity contribution is -0.118. The van der Waals surface area contributed by atoms with Gasteiger partial charge in [0.05, 0.1) is 20.6 Å². The quantitative estimate of drug-likeness (QED) is 0.514. The number of hydrogen-bond donors (Lipinski definition) is 2. The maximum absolute atomic E-state index is 12.5.